The van der Waals surface area contributed by atoms with Gasteiger partial charge in [-0.15, -0.1) is 0 Å². The lowest BCUT2D eigenvalue weighted by atomic mass is 10.1. The quantitative estimate of drug-likeness (QED) is 0.348. The van der Waals surface area contributed by atoms with Gasteiger partial charge in [0, 0.05) is 6.07 Å². The van der Waals surface area contributed by atoms with Crippen LogP contribution in [0, 0.1) is 16.0 Å². The van der Waals surface area contributed by atoms with Crippen molar-refractivity contribution in [3.63, 3.8) is 0 Å². The van der Waals surface area contributed by atoms with Crippen LogP contribution in [0.1, 0.15) is 19.4 Å². The number of carbonyl (C=O) groups excluding carboxylic acids is 1. The van der Waals surface area contributed by atoms with Crippen molar-refractivity contribution in [2.24, 2.45) is 11.8 Å². The molecule has 0 unspecified atom stereocenters. The van der Waals surface area contributed by atoms with Crippen LogP contribution in [0.3, 0.4) is 0 Å². The van der Waals surface area contributed by atoms with Crippen LogP contribution in [0.2, 0.25) is 0 Å². The molecule has 104 valence electrons. The first-order chi connectivity index (χ1) is 8.93. The largest absolute Gasteiger partial charge is 0.487 e. The number of nitrogens with zero attached hydrogens (tertiary/aromatic N) is 1. The number of amides is 1. The number of nitro benzene ring substituents is 1. The highest BCUT2D eigenvalue weighted by Gasteiger charge is 2.17. The van der Waals surface area contributed by atoms with Crippen molar-refractivity contribution in [1.82, 2.24) is 5.43 Å². The highest BCUT2D eigenvalue weighted by molar-refractivity contribution is 5.78. The van der Waals surface area contributed by atoms with Crippen molar-refractivity contribution in [3.8, 4) is 5.75 Å². The average Bonchev–Trinajstić information content (AvgIpc) is 2.36. The summed E-state index contributed by atoms with van der Waals surface area (Å²) in [4.78, 5) is 21.6. The topological polar surface area (TPSA) is 107 Å². The molecule has 1 aromatic rings. The zero-order valence-corrected chi connectivity index (χ0v) is 10.9. The zero-order valence-electron chi connectivity index (χ0n) is 10.9. The van der Waals surface area contributed by atoms with Gasteiger partial charge in [0.25, 0.3) is 0 Å². The van der Waals surface area contributed by atoms with Gasteiger partial charge in [0.1, 0.15) is 0 Å². The van der Waals surface area contributed by atoms with Crippen LogP contribution in [0.25, 0.3) is 0 Å². The van der Waals surface area contributed by atoms with Crippen molar-refractivity contribution in [2.75, 3.05) is 6.61 Å². The molecule has 0 bridgehead atoms. The van der Waals surface area contributed by atoms with Crippen LogP contribution in [-0.4, -0.2) is 17.4 Å². The van der Waals surface area contributed by atoms with Crippen molar-refractivity contribution < 1.29 is 14.5 Å². The second-order valence-electron chi connectivity index (χ2n) is 4.51. The molecule has 0 atom stereocenters. The van der Waals surface area contributed by atoms with Gasteiger partial charge >= 0.3 is 5.69 Å². The third-order valence-electron chi connectivity index (χ3n) is 2.32. The van der Waals surface area contributed by atoms with Crippen molar-refractivity contribution in [3.05, 3.63) is 33.9 Å². The van der Waals surface area contributed by atoms with E-state index >= 15 is 0 Å². The lowest BCUT2D eigenvalue weighted by Gasteiger charge is -2.09. The van der Waals surface area contributed by atoms with Crippen LogP contribution in [0.15, 0.2) is 18.2 Å². The highest BCUT2D eigenvalue weighted by Crippen LogP contribution is 2.28. The summed E-state index contributed by atoms with van der Waals surface area (Å²) in [7, 11) is 0. The molecule has 0 aliphatic heterocycles. The standard InChI is InChI=1S/C12H17N3O4/c1-8(2)7-19-11-4-3-9(6-12(16)14-13)5-10(11)15(17)18/h3-5,8H,6-7,13H2,1-2H3,(H,14,16). The molecule has 0 saturated carbocycles. The summed E-state index contributed by atoms with van der Waals surface area (Å²) >= 11 is 0. The number of nitrogens with one attached hydrogen (secondary N) is 1. The molecule has 0 heterocycles. The van der Waals surface area contributed by atoms with E-state index in [-0.39, 0.29) is 23.8 Å². The fourth-order valence-corrected chi connectivity index (χ4v) is 1.43. The van der Waals surface area contributed by atoms with Crippen LogP contribution >= 0.6 is 0 Å². The first-order valence-electron chi connectivity index (χ1n) is 5.83. The number of rotatable bonds is 6. The molecule has 0 spiro atoms. The van der Waals surface area contributed by atoms with Gasteiger partial charge in [-0.05, 0) is 17.5 Å². The fraction of sp³-hybridized carbons (Fsp3) is 0.417. The van der Waals surface area contributed by atoms with E-state index in [1.165, 1.54) is 12.1 Å². The second kappa shape index (κ2) is 6.69. The molecular formula is C12H17N3O4. The third-order valence-corrected chi connectivity index (χ3v) is 2.32. The summed E-state index contributed by atoms with van der Waals surface area (Å²) in [5.41, 5.74) is 2.33. The van der Waals surface area contributed by atoms with Gasteiger partial charge in [-0.2, -0.15) is 0 Å². The number of nitrogens with two attached hydrogens (primary N) is 1. The second-order valence-corrected chi connectivity index (χ2v) is 4.51. The summed E-state index contributed by atoms with van der Waals surface area (Å²) in [5.74, 6) is 5.03. The van der Waals surface area contributed by atoms with Crippen molar-refractivity contribution in [2.45, 2.75) is 20.3 Å². The van der Waals surface area contributed by atoms with Gasteiger partial charge in [0.15, 0.2) is 5.75 Å². The maximum atomic E-state index is 11.1. The van der Waals surface area contributed by atoms with Gasteiger partial charge in [-0.3, -0.25) is 20.3 Å². The zero-order chi connectivity index (χ0) is 14.4. The molecule has 1 rings (SSSR count). The number of benzene rings is 1. The maximum Gasteiger partial charge on any atom is 0.311 e. The Hall–Kier alpha value is -2.15. The monoisotopic (exact) mass is 267 g/mol. The molecule has 0 saturated heterocycles. The smallest absolute Gasteiger partial charge is 0.311 e. The minimum Gasteiger partial charge on any atom is -0.487 e. The van der Waals surface area contributed by atoms with E-state index in [9.17, 15) is 14.9 Å². The van der Waals surface area contributed by atoms with E-state index in [1.54, 1.807) is 6.07 Å². The molecule has 0 aliphatic rings. The van der Waals surface area contributed by atoms with Crippen molar-refractivity contribution >= 4 is 11.6 Å². The first-order valence-corrected chi connectivity index (χ1v) is 5.83. The molecule has 0 aliphatic carbocycles. The van der Waals surface area contributed by atoms with E-state index in [0.29, 0.717) is 12.2 Å². The fourth-order valence-electron chi connectivity index (χ4n) is 1.43. The third kappa shape index (κ3) is 4.55. The normalized spacial score (nSPS) is 10.3. The van der Waals surface area contributed by atoms with Gasteiger partial charge < -0.3 is 4.74 Å². The molecular weight excluding hydrogens is 250 g/mol. The van der Waals surface area contributed by atoms with Gasteiger partial charge in [0.2, 0.25) is 5.91 Å². The lowest BCUT2D eigenvalue weighted by molar-refractivity contribution is -0.386. The molecule has 0 fully saturated rings. The van der Waals surface area contributed by atoms with Gasteiger partial charge in [-0.1, -0.05) is 19.9 Å². The van der Waals surface area contributed by atoms with E-state index < -0.39 is 10.8 Å². The Bertz CT molecular complexity index is 474. The summed E-state index contributed by atoms with van der Waals surface area (Å²) in [6.07, 6.45) is -0.0121. The lowest BCUT2D eigenvalue weighted by Crippen LogP contribution is -2.31. The number of hydrazine groups is 1. The highest BCUT2D eigenvalue weighted by atomic mass is 16.6. The molecule has 7 nitrogen and oxygen atoms in total. The predicted octanol–water partition coefficient (Wildman–Crippen LogP) is 1.16. The number of ether oxygens (including phenoxy) is 1. The Labute approximate surface area is 110 Å². The Balaban J connectivity index is 2.94. The van der Waals surface area contributed by atoms with Crippen LogP contribution < -0.4 is 16.0 Å². The summed E-state index contributed by atoms with van der Waals surface area (Å²) in [6, 6.07) is 4.43. The Morgan fingerprint density at radius 3 is 2.74 bits per heavy atom. The van der Waals surface area contributed by atoms with E-state index in [4.69, 9.17) is 10.6 Å². The molecule has 19 heavy (non-hydrogen) atoms. The SMILES string of the molecule is CC(C)COc1ccc(CC(=O)NN)cc1[N+](=O)[O-]. The summed E-state index contributed by atoms with van der Waals surface area (Å²) in [6.45, 7) is 4.29. The van der Waals surface area contributed by atoms with Gasteiger partial charge in [0.05, 0.1) is 18.0 Å². The molecule has 1 aromatic carbocycles. The summed E-state index contributed by atoms with van der Waals surface area (Å²) < 4.78 is 5.38. The Morgan fingerprint density at radius 2 is 2.21 bits per heavy atom. The number of carbonyl (C=O) groups is 1. The average molecular weight is 267 g/mol. The Morgan fingerprint density at radius 1 is 1.53 bits per heavy atom. The van der Waals surface area contributed by atoms with E-state index in [1.807, 2.05) is 19.3 Å². The minimum absolute atomic E-state index is 0.0121. The molecule has 1 amide bonds. The molecule has 7 heteroatoms. The van der Waals surface area contributed by atoms with Crippen LogP contribution in [-0.2, 0) is 11.2 Å². The number of hydrogen-bond acceptors (Lipinski definition) is 5. The van der Waals surface area contributed by atoms with Gasteiger partial charge in [-0.25, -0.2) is 5.84 Å². The maximum absolute atomic E-state index is 11.1. The Kier molecular flexibility index (Phi) is 5.25. The molecule has 3 N–H and O–H groups in total. The molecule has 0 aromatic heterocycles. The van der Waals surface area contributed by atoms with Crippen LogP contribution in [0.4, 0.5) is 5.69 Å². The summed E-state index contributed by atoms with van der Waals surface area (Å²) in [5, 5.41) is 11.0. The number of hydrogen-bond donors (Lipinski definition) is 2. The molecule has 0 radical (unpaired) electrons. The first kappa shape index (κ1) is 14.9. The van der Waals surface area contributed by atoms with E-state index in [0.717, 1.165) is 0 Å². The number of nitro groups is 1. The van der Waals surface area contributed by atoms with E-state index in [2.05, 4.69) is 0 Å². The van der Waals surface area contributed by atoms with Crippen LogP contribution in [0.5, 0.6) is 5.75 Å². The minimum atomic E-state index is -0.528. The van der Waals surface area contributed by atoms with Crippen molar-refractivity contribution in [1.29, 1.82) is 0 Å². The predicted molar refractivity (Wildman–Crippen MR) is 69.5 cm³/mol.